The van der Waals surface area contributed by atoms with Crippen molar-refractivity contribution in [2.75, 3.05) is 26.7 Å². The van der Waals surface area contributed by atoms with Crippen LogP contribution in [0.3, 0.4) is 0 Å². The van der Waals surface area contributed by atoms with Gasteiger partial charge in [0.2, 0.25) is 5.91 Å². The molecule has 3 rings (SSSR count). The lowest BCUT2D eigenvalue weighted by Gasteiger charge is -2.22. The second-order valence-electron chi connectivity index (χ2n) is 5.22. The van der Waals surface area contributed by atoms with Crippen molar-refractivity contribution >= 4 is 23.3 Å². The third-order valence-corrected chi connectivity index (χ3v) is 4.78. The molecule has 3 nitrogen and oxygen atoms in total. The van der Waals surface area contributed by atoms with E-state index in [1.807, 2.05) is 23.6 Å². The summed E-state index contributed by atoms with van der Waals surface area (Å²) in [5, 5.41) is 2.03. The molecule has 96 valence electrons. The molecule has 1 aromatic rings. The van der Waals surface area contributed by atoms with Gasteiger partial charge in [-0.3, -0.25) is 4.79 Å². The molecule has 0 N–H and O–H groups in total. The van der Waals surface area contributed by atoms with Crippen LogP contribution in [0.25, 0.3) is 6.08 Å². The topological polar surface area (TPSA) is 23.6 Å². The zero-order chi connectivity index (χ0) is 12.5. The Morgan fingerprint density at radius 3 is 3.17 bits per heavy atom. The predicted molar refractivity (Wildman–Crippen MR) is 74.5 cm³/mol. The highest BCUT2D eigenvalue weighted by atomic mass is 32.1. The number of nitrogens with zero attached hydrogens (tertiary/aromatic N) is 2. The smallest absolute Gasteiger partial charge is 0.246 e. The average Bonchev–Trinajstić information content (AvgIpc) is 3.01. The van der Waals surface area contributed by atoms with Crippen molar-refractivity contribution in [2.45, 2.75) is 12.5 Å². The van der Waals surface area contributed by atoms with E-state index < -0.39 is 0 Å². The van der Waals surface area contributed by atoms with Crippen molar-refractivity contribution in [1.29, 1.82) is 0 Å². The van der Waals surface area contributed by atoms with Gasteiger partial charge in [0.1, 0.15) is 0 Å². The first-order valence-corrected chi connectivity index (χ1v) is 7.33. The van der Waals surface area contributed by atoms with Gasteiger partial charge in [-0.2, -0.15) is 0 Å². The molecule has 0 bridgehead atoms. The fraction of sp³-hybridized carbons (Fsp3) is 0.500. The summed E-state index contributed by atoms with van der Waals surface area (Å²) in [7, 11) is 2.14. The van der Waals surface area contributed by atoms with Crippen LogP contribution in [0.1, 0.15) is 11.3 Å². The fourth-order valence-corrected chi connectivity index (χ4v) is 3.70. The second kappa shape index (κ2) is 4.86. The maximum Gasteiger partial charge on any atom is 0.246 e. The SMILES string of the molecule is CN1C[C@@H]2CCN(C(=O)/C=C/c3cccs3)[C@@H]2C1. The Hall–Kier alpha value is -1.13. The number of rotatable bonds is 2. The molecular formula is C14H18N2OS. The maximum absolute atomic E-state index is 12.2. The quantitative estimate of drug-likeness (QED) is 0.760. The van der Waals surface area contributed by atoms with Crippen molar-refractivity contribution in [2.24, 2.45) is 5.92 Å². The summed E-state index contributed by atoms with van der Waals surface area (Å²) in [5.74, 6) is 0.861. The molecule has 0 spiro atoms. The first kappa shape index (κ1) is 11.9. The van der Waals surface area contributed by atoms with Gasteiger partial charge < -0.3 is 9.80 Å². The lowest BCUT2D eigenvalue weighted by atomic mass is 10.1. The molecule has 1 aromatic heterocycles. The molecule has 1 amide bonds. The van der Waals surface area contributed by atoms with Crippen LogP contribution in [0.2, 0.25) is 0 Å². The maximum atomic E-state index is 12.2. The average molecular weight is 262 g/mol. The van der Waals surface area contributed by atoms with Crippen LogP contribution in [0.15, 0.2) is 23.6 Å². The number of likely N-dealkylation sites (N-methyl/N-ethyl adjacent to an activating group) is 1. The molecule has 0 aromatic carbocycles. The standard InChI is InChI=1S/C14H18N2OS/c1-15-9-11-6-7-16(13(11)10-15)14(17)5-4-12-3-2-8-18-12/h2-5,8,11,13H,6-7,9-10H2,1H3/b5-4+/t11-,13+/m0/s1. The summed E-state index contributed by atoms with van der Waals surface area (Å²) < 4.78 is 0. The third-order valence-electron chi connectivity index (χ3n) is 3.95. The Bertz CT molecular complexity index is 454. The van der Waals surface area contributed by atoms with E-state index in [-0.39, 0.29) is 5.91 Å². The van der Waals surface area contributed by atoms with Crippen LogP contribution in [0.4, 0.5) is 0 Å². The van der Waals surface area contributed by atoms with Crippen molar-refractivity contribution < 1.29 is 4.79 Å². The van der Waals surface area contributed by atoms with Gasteiger partial charge in [-0.25, -0.2) is 0 Å². The summed E-state index contributed by atoms with van der Waals surface area (Å²) in [4.78, 5) is 17.7. The van der Waals surface area contributed by atoms with Crippen molar-refractivity contribution in [3.05, 3.63) is 28.5 Å². The molecule has 0 radical (unpaired) electrons. The number of thiophene rings is 1. The Morgan fingerprint density at radius 2 is 2.39 bits per heavy atom. The van der Waals surface area contributed by atoms with Gasteiger partial charge in [0.15, 0.2) is 0 Å². The molecule has 18 heavy (non-hydrogen) atoms. The number of hydrogen-bond donors (Lipinski definition) is 0. The van der Waals surface area contributed by atoms with E-state index >= 15 is 0 Å². The summed E-state index contributed by atoms with van der Waals surface area (Å²) >= 11 is 1.66. The minimum Gasteiger partial charge on any atom is -0.335 e. The van der Waals surface area contributed by atoms with E-state index in [2.05, 4.69) is 16.8 Å². The number of fused-ring (bicyclic) bond motifs is 1. The molecule has 2 aliphatic heterocycles. The summed E-state index contributed by atoms with van der Waals surface area (Å²) in [5.41, 5.74) is 0. The zero-order valence-corrected chi connectivity index (χ0v) is 11.4. The van der Waals surface area contributed by atoms with E-state index in [0.717, 1.165) is 30.9 Å². The summed E-state index contributed by atoms with van der Waals surface area (Å²) in [6, 6.07) is 4.48. The van der Waals surface area contributed by atoms with Crippen LogP contribution in [-0.4, -0.2) is 48.4 Å². The second-order valence-corrected chi connectivity index (χ2v) is 6.20. The van der Waals surface area contributed by atoms with Crippen molar-refractivity contribution in [3.8, 4) is 0 Å². The lowest BCUT2D eigenvalue weighted by Crippen LogP contribution is -2.38. The van der Waals surface area contributed by atoms with E-state index in [4.69, 9.17) is 0 Å². The lowest BCUT2D eigenvalue weighted by molar-refractivity contribution is -0.126. The van der Waals surface area contributed by atoms with Crippen LogP contribution in [0.5, 0.6) is 0 Å². The molecule has 2 atom stereocenters. The number of carbonyl (C=O) groups is 1. The van der Waals surface area contributed by atoms with Gasteiger partial charge in [0.05, 0.1) is 0 Å². The largest absolute Gasteiger partial charge is 0.335 e. The molecule has 0 unspecified atom stereocenters. The van der Waals surface area contributed by atoms with Gasteiger partial charge in [-0.15, -0.1) is 11.3 Å². The highest BCUT2D eigenvalue weighted by molar-refractivity contribution is 7.10. The number of likely N-dealkylation sites (tertiary alicyclic amines) is 2. The third kappa shape index (κ3) is 2.22. The Morgan fingerprint density at radius 1 is 1.50 bits per heavy atom. The number of carbonyl (C=O) groups excluding carboxylic acids is 1. The van der Waals surface area contributed by atoms with Gasteiger partial charge in [0.25, 0.3) is 0 Å². The Kier molecular flexibility index (Phi) is 3.22. The van der Waals surface area contributed by atoms with Crippen molar-refractivity contribution in [3.63, 3.8) is 0 Å². The Balaban J connectivity index is 1.66. The van der Waals surface area contributed by atoms with Crippen molar-refractivity contribution in [1.82, 2.24) is 9.80 Å². The van der Waals surface area contributed by atoms with Crippen LogP contribution >= 0.6 is 11.3 Å². The molecular weight excluding hydrogens is 244 g/mol. The molecule has 2 saturated heterocycles. The summed E-state index contributed by atoms with van der Waals surface area (Å²) in [6.07, 6.45) is 4.82. The first-order chi connectivity index (χ1) is 8.74. The van der Waals surface area contributed by atoms with E-state index in [1.165, 1.54) is 0 Å². The highest BCUT2D eigenvalue weighted by Crippen LogP contribution is 2.30. The van der Waals surface area contributed by atoms with Gasteiger partial charge in [0, 0.05) is 36.6 Å². The molecule has 3 heterocycles. The van der Waals surface area contributed by atoms with Crippen LogP contribution < -0.4 is 0 Å². The van der Waals surface area contributed by atoms with Gasteiger partial charge in [-0.05, 0) is 36.9 Å². The normalized spacial score (nSPS) is 28.2. The van der Waals surface area contributed by atoms with E-state index in [0.29, 0.717) is 12.0 Å². The molecule has 0 aliphatic carbocycles. The molecule has 4 heteroatoms. The van der Waals surface area contributed by atoms with Gasteiger partial charge >= 0.3 is 0 Å². The van der Waals surface area contributed by atoms with Gasteiger partial charge in [-0.1, -0.05) is 6.07 Å². The summed E-state index contributed by atoms with van der Waals surface area (Å²) in [6.45, 7) is 3.10. The van der Waals surface area contributed by atoms with Crippen LogP contribution in [0, 0.1) is 5.92 Å². The fourth-order valence-electron chi connectivity index (χ4n) is 3.08. The van der Waals surface area contributed by atoms with E-state index in [1.54, 1.807) is 17.4 Å². The minimum atomic E-state index is 0.172. The van der Waals surface area contributed by atoms with Crippen LogP contribution in [-0.2, 0) is 4.79 Å². The predicted octanol–water partition coefficient (Wildman–Crippen LogP) is 1.92. The Labute approximate surface area is 112 Å². The first-order valence-electron chi connectivity index (χ1n) is 6.45. The molecule has 2 aliphatic rings. The number of hydrogen-bond acceptors (Lipinski definition) is 3. The molecule has 0 saturated carbocycles. The minimum absolute atomic E-state index is 0.172. The molecule has 2 fully saturated rings. The highest BCUT2D eigenvalue weighted by Gasteiger charge is 2.41. The zero-order valence-electron chi connectivity index (χ0n) is 10.6. The monoisotopic (exact) mass is 262 g/mol. The van der Waals surface area contributed by atoms with E-state index in [9.17, 15) is 4.79 Å². The number of amides is 1.